The van der Waals surface area contributed by atoms with Gasteiger partial charge < -0.3 is 10.0 Å². The number of carboxylic acid groups (broad SMARTS) is 1. The maximum Gasteiger partial charge on any atom is 0.311 e. The summed E-state index contributed by atoms with van der Waals surface area (Å²) in [5.74, 6) is -0.797. The Labute approximate surface area is 123 Å². The normalized spacial score (nSPS) is 22.5. The van der Waals surface area contributed by atoms with E-state index in [1.807, 2.05) is 26.0 Å². The van der Waals surface area contributed by atoms with E-state index in [0.717, 1.165) is 6.42 Å². The SMILES string of the molecule is CCc1ccc(C(=O)N2CCC(C(=O)O)(C(C)C)C2)s1. The number of hydrogen-bond donors (Lipinski definition) is 1. The Kier molecular flexibility index (Phi) is 4.18. The van der Waals surface area contributed by atoms with Gasteiger partial charge in [-0.05, 0) is 30.9 Å². The number of aryl methyl sites for hydroxylation is 1. The quantitative estimate of drug-likeness (QED) is 0.929. The lowest BCUT2D eigenvalue weighted by Crippen LogP contribution is -2.40. The molecular weight excluding hydrogens is 274 g/mol. The number of rotatable bonds is 4. The highest BCUT2D eigenvalue weighted by molar-refractivity contribution is 7.14. The molecule has 1 atom stereocenters. The fourth-order valence-corrected chi connectivity index (χ4v) is 3.65. The minimum Gasteiger partial charge on any atom is -0.481 e. The number of likely N-dealkylation sites (tertiary alicyclic amines) is 1. The van der Waals surface area contributed by atoms with E-state index in [-0.39, 0.29) is 11.8 Å². The molecular formula is C15H21NO3S. The van der Waals surface area contributed by atoms with Gasteiger partial charge in [0.25, 0.3) is 5.91 Å². The topological polar surface area (TPSA) is 57.6 Å². The Hall–Kier alpha value is -1.36. The summed E-state index contributed by atoms with van der Waals surface area (Å²) in [5, 5.41) is 9.51. The average Bonchev–Trinajstić information content (AvgIpc) is 3.05. The number of carbonyl (C=O) groups is 2. The smallest absolute Gasteiger partial charge is 0.311 e. The Balaban J connectivity index is 2.16. The molecule has 1 N–H and O–H groups in total. The van der Waals surface area contributed by atoms with Gasteiger partial charge in [-0.15, -0.1) is 11.3 Å². The minimum atomic E-state index is -0.791. The van der Waals surface area contributed by atoms with Crippen LogP contribution in [0.4, 0.5) is 0 Å². The molecule has 0 spiro atoms. The molecule has 1 unspecified atom stereocenters. The van der Waals surface area contributed by atoms with Crippen LogP contribution in [0.15, 0.2) is 12.1 Å². The van der Waals surface area contributed by atoms with Gasteiger partial charge in [0.15, 0.2) is 0 Å². The lowest BCUT2D eigenvalue weighted by Gasteiger charge is -2.28. The monoisotopic (exact) mass is 295 g/mol. The van der Waals surface area contributed by atoms with Crippen LogP contribution >= 0.6 is 11.3 Å². The molecule has 2 rings (SSSR count). The molecule has 0 radical (unpaired) electrons. The highest BCUT2D eigenvalue weighted by Crippen LogP contribution is 2.39. The van der Waals surface area contributed by atoms with Gasteiger partial charge in [-0.25, -0.2) is 0 Å². The van der Waals surface area contributed by atoms with Crippen molar-refractivity contribution in [1.29, 1.82) is 0 Å². The van der Waals surface area contributed by atoms with E-state index in [0.29, 0.717) is 24.4 Å². The minimum absolute atomic E-state index is 0.0207. The van der Waals surface area contributed by atoms with Crippen molar-refractivity contribution >= 4 is 23.2 Å². The van der Waals surface area contributed by atoms with Gasteiger partial charge in [-0.1, -0.05) is 20.8 Å². The second kappa shape index (κ2) is 5.56. The molecule has 1 aromatic rings. The van der Waals surface area contributed by atoms with Crippen molar-refractivity contribution < 1.29 is 14.7 Å². The average molecular weight is 295 g/mol. The van der Waals surface area contributed by atoms with Crippen molar-refractivity contribution in [3.05, 3.63) is 21.9 Å². The summed E-state index contributed by atoms with van der Waals surface area (Å²) in [6.45, 7) is 6.75. The maximum absolute atomic E-state index is 12.5. The van der Waals surface area contributed by atoms with Gasteiger partial charge in [-0.2, -0.15) is 0 Å². The predicted octanol–water partition coefficient (Wildman–Crippen LogP) is 2.88. The van der Waals surface area contributed by atoms with Crippen molar-refractivity contribution in [3.63, 3.8) is 0 Å². The van der Waals surface area contributed by atoms with Gasteiger partial charge in [0, 0.05) is 18.0 Å². The first-order chi connectivity index (χ1) is 9.40. The molecule has 20 heavy (non-hydrogen) atoms. The third-order valence-electron chi connectivity index (χ3n) is 4.34. The first kappa shape index (κ1) is 15.0. The Morgan fingerprint density at radius 1 is 1.45 bits per heavy atom. The summed E-state index contributed by atoms with van der Waals surface area (Å²) in [6, 6.07) is 3.82. The number of nitrogens with zero attached hydrogens (tertiary/aromatic N) is 1. The van der Waals surface area contributed by atoms with Crippen LogP contribution in [-0.2, 0) is 11.2 Å². The van der Waals surface area contributed by atoms with Crippen LogP contribution in [0.5, 0.6) is 0 Å². The zero-order chi connectivity index (χ0) is 14.9. The number of thiophene rings is 1. The number of carbonyl (C=O) groups excluding carboxylic acids is 1. The largest absolute Gasteiger partial charge is 0.481 e. The summed E-state index contributed by atoms with van der Waals surface area (Å²) < 4.78 is 0. The number of aliphatic carboxylic acids is 1. The number of hydrogen-bond acceptors (Lipinski definition) is 3. The lowest BCUT2D eigenvalue weighted by atomic mass is 9.76. The van der Waals surface area contributed by atoms with E-state index in [1.54, 1.807) is 4.90 Å². The number of carboxylic acids is 1. The van der Waals surface area contributed by atoms with Gasteiger partial charge >= 0.3 is 5.97 Å². The molecule has 5 heteroatoms. The zero-order valence-electron chi connectivity index (χ0n) is 12.2. The fourth-order valence-electron chi connectivity index (χ4n) is 2.74. The molecule has 1 saturated heterocycles. The van der Waals surface area contributed by atoms with Crippen molar-refractivity contribution in [1.82, 2.24) is 4.90 Å². The van der Waals surface area contributed by atoms with Crippen molar-refractivity contribution in [2.75, 3.05) is 13.1 Å². The van der Waals surface area contributed by atoms with Gasteiger partial charge in [0.1, 0.15) is 0 Å². The van der Waals surface area contributed by atoms with E-state index in [4.69, 9.17) is 0 Å². The van der Waals surface area contributed by atoms with Crippen molar-refractivity contribution in [2.45, 2.75) is 33.6 Å². The van der Waals surface area contributed by atoms with E-state index in [2.05, 4.69) is 6.92 Å². The van der Waals surface area contributed by atoms with Crippen LogP contribution in [0.3, 0.4) is 0 Å². The van der Waals surface area contributed by atoms with Crippen molar-refractivity contribution in [3.8, 4) is 0 Å². The van der Waals surface area contributed by atoms with E-state index < -0.39 is 11.4 Å². The molecule has 0 bridgehead atoms. The van der Waals surface area contributed by atoms with E-state index in [9.17, 15) is 14.7 Å². The van der Waals surface area contributed by atoms with E-state index in [1.165, 1.54) is 16.2 Å². The van der Waals surface area contributed by atoms with Gasteiger partial charge in [0.05, 0.1) is 10.3 Å². The highest BCUT2D eigenvalue weighted by atomic mass is 32.1. The molecule has 1 amide bonds. The summed E-state index contributed by atoms with van der Waals surface area (Å²) in [4.78, 5) is 27.6. The third-order valence-corrected chi connectivity index (χ3v) is 5.56. The number of amides is 1. The van der Waals surface area contributed by atoms with E-state index >= 15 is 0 Å². The molecule has 110 valence electrons. The highest BCUT2D eigenvalue weighted by Gasteiger charge is 2.48. The zero-order valence-corrected chi connectivity index (χ0v) is 13.0. The molecule has 0 saturated carbocycles. The fraction of sp³-hybridized carbons (Fsp3) is 0.600. The van der Waals surface area contributed by atoms with Crippen LogP contribution in [-0.4, -0.2) is 35.0 Å². The second-order valence-corrected chi connectivity index (χ2v) is 6.88. The molecule has 1 aliphatic rings. The Morgan fingerprint density at radius 2 is 2.15 bits per heavy atom. The second-order valence-electron chi connectivity index (χ2n) is 5.71. The molecule has 4 nitrogen and oxygen atoms in total. The molecule has 1 fully saturated rings. The molecule has 1 aliphatic heterocycles. The molecule has 0 aliphatic carbocycles. The summed E-state index contributed by atoms with van der Waals surface area (Å²) in [5.41, 5.74) is -0.791. The van der Waals surface area contributed by atoms with Crippen LogP contribution < -0.4 is 0 Å². The first-order valence-electron chi connectivity index (χ1n) is 7.02. The predicted molar refractivity (Wildman–Crippen MR) is 79.1 cm³/mol. The lowest BCUT2D eigenvalue weighted by molar-refractivity contribution is -0.150. The summed E-state index contributed by atoms with van der Waals surface area (Å²) >= 11 is 1.51. The standard InChI is InChI=1S/C15H21NO3S/c1-4-11-5-6-12(20-11)13(17)16-8-7-15(9-16,10(2)3)14(18)19/h5-6,10H,4,7-9H2,1-3H3,(H,18,19). The van der Waals surface area contributed by atoms with Crippen LogP contribution in [0.2, 0.25) is 0 Å². The Morgan fingerprint density at radius 3 is 2.60 bits per heavy atom. The summed E-state index contributed by atoms with van der Waals surface area (Å²) in [7, 11) is 0. The van der Waals surface area contributed by atoms with Crippen LogP contribution in [0.25, 0.3) is 0 Å². The van der Waals surface area contributed by atoms with Gasteiger partial charge in [0.2, 0.25) is 0 Å². The molecule has 2 heterocycles. The van der Waals surface area contributed by atoms with Gasteiger partial charge in [-0.3, -0.25) is 9.59 Å². The molecule has 0 aromatic carbocycles. The third kappa shape index (κ3) is 2.46. The van der Waals surface area contributed by atoms with Crippen molar-refractivity contribution in [2.24, 2.45) is 11.3 Å². The first-order valence-corrected chi connectivity index (χ1v) is 7.83. The molecule has 1 aromatic heterocycles. The Bertz CT molecular complexity index is 523. The van der Waals surface area contributed by atoms with Crippen LogP contribution in [0.1, 0.15) is 41.7 Å². The summed E-state index contributed by atoms with van der Waals surface area (Å²) in [6.07, 6.45) is 1.46. The van der Waals surface area contributed by atoms with Crippen LogP contribution in [0, 0.1) is 11.3 Å². The maximum atomic E-state index is 12.5.